The lowest BCUT2D eigenvalue weighted by atomic mass is 9.86. The Labute approximate surface area is 103 Å². The van der Waals surface area contributed by atoms with Crippen LogP contribution in [0.4, 0.5) is 0 Å². The van der Waals surface area contributed by atoms with Gasteiger partial charge in [0.1, 0.15) is 0 Å². The highest BCUT2D eigenvalue weighted by molar-refractivity contribution is 7.12. The lowest BCUT2D eigenvalue weighted by molar-refractivity contribution is 0.331. The van der Waals surface area contributed by atoms with Crippen molar-refractivity contribution in [1.82, 2.24) is 0 Å². The van der Waals surface area contributed by atoms with E-state index in [1.165, 1.54) is 37.0 Å². The van der Waals surface area contributed by atoms with Crippen LogP contribution in [0.3, 0.4) is 0 Å². The van der Waals surface area contributed by atoms with E-state index in [1.807, 2.05) is 11.3 Å². The zero-order valence-corrected chi connectivity index (χ0v) is 11.5. The average molecular weight is 237 g/mol. The molecule has 1 aromatic heterocycles. The van der Waals surface area contributed by atoms with Gasteiger partial charge in [-0.3, -0.25) is 0 Å². The van der Waals surface area contributed by atoms with Crippen LogP contribution in [0.1, 0.15) is 61.4 Å². The fourth-order valence-electron chi connectivity index (χ4n) is 2.27. The predicted molar refractivity (Wildman–Crippen MR) is 72.0 cm³/mol. The highest BCUT2D eigenvalue weighted by atomic mass is 32.1. The van der Waals surface area contributed by atoms with Gasteiger partial charge in [0.15, 0.2) is 0 Å². The molecule has 0 aliphatic heterocycles. The molecule has 1 nitrogen and oxygen atoms in total. The van der Waals surface area contributed by atoms with Gasteiger partial charge in [0.2, 0.25) is 0 Å². The van der Waals surface area contributed by atoms with E-state index < -0.39 is 0 Å². The SMILES string of the molecule is CC(C)(C)C(N)c1cc2c(s1)CCCCC2. The summed E-state index contributed by atoms with van der Waals surface area (Å²) < 4.78 is 0. The molecule has 0 saturated heterocycles. The molecule has 90 valence electrons. The van der Waals surface area contributed by atoms with Gasteiger partial charge in [-0.2, -0.15) is 0 Å². The van der Waals surface area contributed by atoms with E-state index in [0.29, 0.717) is 0 Å². The van der Waals surface area contributed by atoms with Gasteiger partial charge in [0, 0.05) is 15.8 Å². The first-order chi connectivity index (χ1) is 7.48. The topological polar surface area (TPSA) is 26.0 Å². The molecule has 1 aliphatic carbocycles. The monoisotopic (exact) mass is 237 g/mol. The number of hydrogen-bond donors (Lipinski definition) is 1. The second-order valence-electron chi connectivity index (χ2n) is 6.00. The van der Waals surface area contributed by atoms with Gasteiger partial charge < -0.3 is 5.73 Å². The quantitative estimate of drug-likeness (QED) is 0.732. The lowest BCUT2D eigenvalue weighted by Gasteiger charge is -2.25. The molecule has 1 aliphatic rings. The number of hydrogen-bond acceptors (Lipinski definition) is 2. The van der Waals surface area contributed by atoms with Crippen LogP contribution in [0.25, 0.3) is 0 Å². The van der Waals surface area contributed by atoms with Crippen molar-refractivity contribution in [3.63, 3.8) is 0 Å². The zero-order valence-electron chi connectivity index (χ0n) is 10.7. The summed E-state index contributed by atoms with van der Waals surface area (Å²) in [5.74, 6) is 0. The van der Waals surface area contributed by atoms with Crippen LogP contribution in [-0.4, -0.2) is 0 Å². The molecule has 0 fully saturated rings. The molecule has 2 rings (SSSR count). The Balaban J connectivity index is 2.24. The van der Waals surface area contributed by atoms with Gasteiger partial charge in [0.05, 0.1) is 0 Å². The van der Waals surface area contributed by atoms with Gasteiger partial charge in [-0.1, -0.05) is 27.2 Å². The molecule has 0 saturated carbocycles. The summed E-state index contributed by atoms with van der Waals surface area (Å²) in [6.45, 7) is 6.67. The Kier molecular flexibility index (Phi) is 3.41. The maximum absolute atomic E-state index is 6.33. The first-order valence-electron chi connectivity index (χ1n) is 6.35. The predicted octanol–water partition coefficient (Wildman–Crippen LogP) is 4.06. The molecule has 16 heavy (non-hydrogen) atoms. The minimum Gasteiger partial charge on any atom is -0.323 e. The number of rotatable bonds is 1. The number of thiophene rings is 1. The average Bonchev–Trinajstić information content (AvgIpc) is 2.47. The van der Waals surface area contributed by atoms with Crippen LogP contribution in [-0.2, 0) is 12.8 Å². The summed E-state index contributed by atoms with van der Waals surface area (Å²) in [5, 5.41) is 0. The maximum atomic E-state index is 6.33. The summed E-state index contributed by atoms with van der Waals surface area (Å²) in [7, 11) is 0. The van der Waals surface area contributed by atoms with E-state index in [1.54, 1.807) is 10.4 Å². The summed E-state index contributed by atoms with van der Waals surface area (Å²) in [5.41, 5.74) is 8.08. The van der Waals surface area contributed by atoms with E-state index in [0.717, 1.165) is 0 Å². The molecule has 1 atom stereocenters. The van der Waals surface area contributed by atoms with Crippen molar-refractivity contribution in [3.8, 4) is 0 Å². The lowest BCUT2D eigenvalue weighted by Crippen LogP contribution is -2.25. The standard InChI is InChI=1S/C14H23NS/c1-14(2,3)13(15)12-9-10-7-5-4-6-8-11(10)16-12/h9,13H,4-8,15H2,1-3H3. The largest absolute Gasteiger partial charge is 0.323 e. The van der Waals surface area contributed by atoms with E-state index in [2.05, 4.69) is 26.8 Å². The molecule has 1 heterocycles. The fourth-order valence-corrected chi connectivity index (χ4v) is 3.78. The molecular weight excluding hydrogens is 214 g/mol. The van der Waals surface area contributed by atoms with Gasteiger partial charge in [-0.05, 0) is 42.7 Å². The van der Waals surface area contributed by atoms with E-state index in [9.17, 15) is 0 Å². The summed E-state index contributed by atoms with van der Waals surface area (Å²) >= 11 is 1.96. The Morgan fingerprint density at radius 1 is 1.19 bits per heavy atom. The third-order valence-corrected chi connectivity index (χ3v) is 4.83. The van der Waals surface area contributed by atoms with Crippen molar-refractivity contribution < 1.29 is 0 Å². The van der Waals surface area contributed by atoms with Crippen molar-refractivity contribution >= 4 is 11.3 Å². The Morgan fingerprint density at radius 3 is 2.56 bits per heavy atom. The summed E-state index contributed by atoms with van der Waals surface area (Å²) in [6.07, 6.45) is 6.65. The molecule has 0 amide bonds. The number of nitrogens with two attached hydrogens (primary N) is 1. The molecule has 1 unspecified atom stereocenters. The third kappa shape index (κ3) is 2.49. The second-order valence-corrected chi connectivity index (χ2v) is 7.17. The van der Waals surface area contributed by atoms with Gasteiger partial charge in [-0.25, -0.2) is 0 Å². The van der Waals surface area contributed by atoms with Crippen molar-refractivity contribution in [2.75, 3.05) is 0 Å². The van der Waals surface area contributed by atoms with Gasteiger partial charge in [0.25, 0.3) is 0 Å². The fraction of sp³-hybridized carbons (Fsp3) is 0.714. The highest BCUT2D eigenvalue weighted by Crippen LogP contribution is 2.38. The number of aryl methyl sites for hydroxylation is 2. The second kappa shape index (κ2) is 4.50. The zero-order chi connectivity index (χ0) is 11.8. The van der Waals surface area contributed by atoms with Crippen LogP contribution in [0, 0.1) is 5.41 Å². The summed E-state index contributed by atoms with van der Waals surface area (Å²) in [6, 6.07) is 2.56. The Morgan fingerprint density at radius 2 is 1.88 bits per heavy atom. The Hall–Kier alpha value is -0.340. The minimum absolute atomic E-state index is 0.170. The van der Waals surface area contributed by atoms with Crippen LogP contribution in [0.2, 0.25) is 0 Å². The van der Waals surface area contributed by atoms with Crippen LogP contribution >= 0.6 is 11.3 Å². The van der Waals surface area contributed by atoms with Crippen molar-refractivity contribution in [2.45, 2.75) is 58.9 Å². The summed E-state index contributed by atoms with van der Waals surface area (Å²) in [4.78, 5) is 2.99. The van der Waals surface area contributed by atoms with Gasteiger partial charge >= 0.3 is 0 Å². The van der Waals surface area contributed by atoms with Crippen LogP contribution in [0.15, 0.2) is 6.07 Å². The van der Waals surface area contributed by atoms with E-state index in [-0.39, 0.29) is 11.5 Å². The molecule has 0 bridgehead atoms. The van der Waals surface area contributed by atoms with Crippen molar-refractivity contribution in [3.05, 3.63) is 21.4 Å². The van der Waals surface area contributed by atoms with Crippen LogP contribution in [0.5, 0.6) is 0 Å². The highest BCUT2D eigenvalue weighted by Gasteiger charge is 2.25. The van der Waals surface area contributed by atoms with E-state index >= 15 is 0 Å². The van der Waals surface area contributed by atoms with Crippen molar-refractivity contribution in [1.29, 1.82) is 0 Å². The molecule has 0 aromatic carbocycles. The van der Waals surface area contributed by atoms with Crippen molar-refractivity contribution in [2.24, 2.45) is 11.1 Å². The van der Waals surface area contributed by atoms with E-state index in [4.69, 9.17) is 5.73 Å². The Bertz CT molecular complexity index is 336. The maximum Gasteiger partial charge on any atom is 0.0439 e. The molecular formula is C14H23NS. The number of fused-ring (bicyclic) bond motifs is 1. The minimum atomic E-state index is 0.170. The molecule has 0 spiro atoms. The van der Waals surface area contributed by atoms with Gasteiger partial charge in [-0.15, -0.1) is 11.3 Å². The first-order valence-corrected chi connectivity index (χ1v) is 7.17. The molecule has 1 aromatic rings. The third-order valence-electron chi connectivity index (χ3n) is 3.51. The molecule has 0 radical (unpaired) electrons. The normalized spacial score (nSPS) is 19.0. The smallest absolute Gasteiger partial charge is 0.0439 e. The van der Waals surface area contributed by atoms with Crippen LogP contribution < -0.4 is 5.73 Å². The molecule has 2 N–H and O–H groups in total. The first kappa shape index (κ1) is 12.1. The molecule has 2 heteroatoms.